The Morgan fingerprint density at radius 3 is 2.41 bits per heavy atom. The summed E-state index contributed by atoms with van der Waals surface area (Å²) in [6, 6.07) is 7.27. The number of carbonyl (C=O) groups excluding carboxylic acids is 2. The zero-order chi connectivity index (χ0) is 19.0. The summed E-state index contributed by atoms with van der Waals surface area (Å²) in [5.74, 6) is -0.276. The Bertz CT molecular complexity index is 922. The van der Waals surface area contributed by atoms with Crippen LogP contribution in [0.3, 0.4) is 0 Å². The molecular formula is C19H23N5O3. The molecule has 1 aromatic heterocycles. The van der Waals surface area contributed by atoms with Crippen LogP contribution in [0.25, 0.3) is 11.4 Å². The van der Waals surface area contributed by atoms with E-state index in [0.717, 1.165) is 18.7 Å². The van der Waals surface area contributed by atoms with Crippen molar-refractivity contribution in [2.45, 2.75) is 38.1 Å². The number of amides is 2. The molecule has 8 nitrogen and oxygen atoms in total. The summed E-state index contributed by atoms with van der Waals surface area (Å²) in [5.41, 5.74) is 1.63. The van der Waals surface area contributed by atoms with Crippen LogP contribution < -0.4 is 15.9 Å². The minimum Gasteiger partial charge on any atom is -0.372 e. The van der Waals surface area contributed by atoms with Gasteiger partial charge in [-0.05, 0) is 49.9 Å². The minimum absolute atomic E-state index is 0.208. The highest BCUT2D eigenvalue weighted by Gasteiger charge is 2.31. The van der Waals surface area contributed by atoms with Crippen LogP contribution >= 0.6 is 0 Å². The van der Waals surface area contributed by atoms with Crippen LogP contribution in [0, 0.1) is 0 Å². The van der Waals surface area contributed by atoms with Gasteiger partial charge < -0.3 is 4.90 Å². The van der Waals surface area contributed by atoms with E-state index in [2.05, 4.69) is 27.4 Å². The number of rotatable bonds is 3. The van der Waals surface area contributed by atoms with Crippen molar-refractivity contribution in [2.24, 2.45) is 7.05 Å². The highest BCUT2D eigenvalue weighted by Crippen LogP contribution is 2.24. The third-order valence-corrected chi connectivity index (χ3v) is 5.36. The van der Waals surface area contributed by atoms with Crippen molar-refractivity contribution >= 4 is 17.5 Å². The zero-order valence-corrected chi connectivity index (χ0v) is 15.4. The number of nitrogens with one attached hydrogen (secondary N) is 1. The Hall–Kier alpha value is -2.90. The third-order valence-electron chi connectivity index (χ3n) is 5.36. The van der Waals surface area contributed by atoms with Crippen LogP contribution in [0.4, 0.5) is 5.69 Å². The van der Waals surface area contributed by atoms with Gasteiger partial charge in [0, 0.05) is 37.8 Å². The number of aromatic nitrogens is 3. The molecule has 2 amide bonds. The number of hydrogen-bond acceptors (Lipinski definition) is 5. The summed E-state index contributed by atoms with van der Waals surface area (Å²) >= 11 is 0. The summed E-state index contributed by atoms with van der Waals surface area (Å²) in [5, 5.41) is 6.68. The molecule has 0 saturated carbocycles. The van der Waals surface area contributed by atoms with E-state index < -0.39 is 11.9 Å². The first kappa shape index (κ1) is 17.5. The molecule has 2 aliphatic rings. The number of piperidine rings is 2. The van der Waals surface area contributed by atoms with Gasteiger partial charge in [0.15, 0.2) is 5.82 Å². The molecule has 1 aromatic carbocycles. The molecule has 2 saturated heterocycles. The first-order valence-electron chi connectivity index (χ1n) is 9.39. The van der Waals surface area contributed by atoms with Gasteiger partial charge in [0.2, 0.25) is 5.91 Å². The minimum atomic E-state index is -0.747. The Morgan fingerprint density at radius 2 is 1.74 bits per heavy atom. The third kappa shape index (κ3) is 3.27. The van der Waals surface area contributed by atoms with Crippen molar-refractivity contribution in [1.29, 1.82) is 0 Å². The normalized spacial score (nSPS) is 20.6. The maximum Gasteiger partial charge on any atom is 0.346 e. The van der Waals surface area contributed by atoms with Gasteiger partial charge in [-0.1, -0.05) is 0 Å². The molecule has 3 heterocycles. The van der Waals surface area contributed by atoms with E-state index in [1.807, 2.05) is 12.1 Å². The zero-order valence-electron chi connectivity index (χ0n) is 15.4. The molecule has 142 valence electrons. The highest BCUT2D eigenvalue weighted by molar-refractivity contribution is 5.99. The highest BCUT2D eigenvalue weighted by atomic mass is 16.2. The molecule has 0 radical (unpaired) electrons. The van der Waals surface area contributed by atoms with Crippen molar-refractivity contribution in [3.05, 3.63) is 34.7 Å². The van der Waals surface area contributed by atoms with Crippen LogP contribution in [0.2, 0.25) is 0 Å². The molecule has 2 fully saturated rings. The van der Waals surface area contributed by atoms with E-state index in [1.165, 1.54) is 34.2 Å². The summed E-state index contributed by atoms with van der Waals surface area (Å²) in [6.07, 6.45) is 4.21. The SMILES string of the molecule is Cn1c(-c2ccc(N3CCCCC3)cc2)nn(C2CCC(=O)NC2=O)c1=O. The van der Waals surface area contributed by atoms with E-state index in [4.69, 9.17) is 0 Å². The lowest BCUT2D eigenvalue weighted by Crippen LogP contribution is -2.44. The topological polar surface area (TPSA) is 89.2 Å². The summed E-state index contributed by atoms with van der Waals surface area (Å²) in [7, 11) is 1.64. The smallest absolute Gasteiger partial charge is 0.346 e. The van der Waals surface area contributed by atoms with Crippen molar-refractivity contribution in [3.8, 4) is 11.4 Å². The van der Waals surface area contributed by atoms with Gasteiger partial charge in [0.1, 0.15) is 6.04 Å². The van der Waals surface area contributed by atoms with Gasteiger partial charge in [-0.15, -0.1) is 5.10 Å². The van der Waals surface area contributed by atoms with Gasteiger partial charge >= 0.3 is 5.69 Å². The molecule has 0 bridgehead atoms. The molecule has 1 atom stereocenters. The van der Waals surface area contributed by atoms with Crippen LogP contribution in [-0.2, 0) is 16.6 Å². The summed E-state index contributed by atoms with van der Waals surface area (Å²) in [4.78, 5) is 38.4. The molecule has 0 spiro atoms. The average molecular weight is 369 g/mol. The predicted octanol–water partition coefficient (Wildman–Crippen LogP) is 1.22. The lowest BCUT2D eigenvalue weighted by molar-refractivity contribution is -0.136. The van der Waals surface area contributed by atoms with Gasteiger partial charge in [-0.25, -0.2) is 9.48 Å². The number of benzene rings is 1. The monoisotopic (exact) mass is 369 g/mol. The lowest BCUT2D eigenvalue weighted by Gasteiger charge is -2.28. The van der Waals surface area contributed by atoms with E-state index in [1.54, 1.807) is 7.05 Å². The number of carbonyl (C=O) groups is 2. The second-order valence-electron chi connectivity index (χ2n) is 7.17. The maximum atomic E-state index is 12.6. The van der Waals surface area contributed by atoms with E-state index in [-0.39, 0.29) is 24.4 Å². The molecule has 8 heteroatoms. The van der Waals surface area contributed by atoms with E-state index >= 15 is 0 Å². The Kier molecular flexibility index (Phi) is 4.55. The Labute approximate surface area is 156 Å². The van der Waals surface area contributed by atoms with Crippen LogP contribution in [0.15, 0.2) is 29.1 Å². The van der Waals surface area contributed by atoms with Crippen LogP contribution in [0.1, 0.15) is 38.1 Å². The van der Waals surface area contributed by atoms with Crippen molar-refractivity contribution in [1.82, 2.24) is 19.7 Å². The molecule has 2 aliphatic heterocycles. The summed E-state index contributed by atoms with van der Waals surface area (Å²) < 4.78 is 2.63. The Morgan fingerprint density at radius 1 is 1.04 bits per heavy atom. The van der Waals surface area contributed by atoms with Crippen molar-refractivity contribution in [3.63, 3.8) is 0 Å². The second-order valence-corrected chi connectivity index (χ2v) is 7.17. The van der Waals surface area contributed by atoms with Crippen molar-refractivity contribution < 1.29 is 9.59 Å². The van der Waals surface area contributed by atoms with Gasteiger partial charge in [0.05, 0.1) is 0 Å². The first-order chi connectivity index (χ1) is 13.0. The first-order valence-corrected chi connectivity index (χ1v) is 9.39. The van der Waals surface area contributed by atoms with Gasteiger partial charge in [-0.3, -0.25) is 19.5 Å². The fourth-order valence-electron chi connectivity index (χ4n) is 3.80. The number of imide groups is 1. The predicted molar refractivity (Wildman–Crippen MR) is 100 cm³/mol. The molecule has 4 rings (SSSR count). The molecule has 2 aromatic rings. The maximum absolute atomic E-state index is 12.6. The fraction of sp³-hybridized carbons (Fsp3) is 0.474. The molecular weight excluding hydrogens is 346 g/mol. The van der Waals surface area contributed by atoms with E-state index in [9.17, 15) is 14.4 Å². The standard InChI is InChI=1S/C19H23N5O3/c1-22-17(13-5-7-14(8-6-13)23-11-3-2-4-12-23)21-24(19(22)27)15-9-10-16(25)20-18(15)26/h5-8,15H,2-4,9-12H2,1H3,(H,20,25,26). The average Bonchev–Trinajstić information content (AvgIpc) is 2.98. The van der Waals surface area contributed by atoms with Gasteiger partial charge in [-0.2, -0.15) is 0 Å². The number of hydrogen-bond donors (Lipinski definition) is 1. The van der Waals surface area contributed by atoms with Crippen molar-refractivity contribution in [2.75, 3.05) is 18.0 Å². The molecule has 0 aliphatic carbocycles. The van der Waals surface area contributed by atoms with E-state index in [0.29, 0.717) is 5.82 Å². The lowest BCUT2D eigenvalue weighted by atomic mass is 10.1. The van der Waals surface area contributed by atoms with Gasteiger partial charge in [0.25, 0.3) is 5.91 Å². The second kappa shape index (κ2) is 7.02. The fourth-order valence-corrected chi connectivity index (χ4v) is 3.80. The largest absolute Gasteiger partial charge is 0.372 e. The van der Waals surface area contributed by atoms with Crippen LogP contribution in [-0.4, -0.2) is 39.3 Å². The molecule has 1 N–H and O–H groups in total. The number of nitrogens with zero attached hydrogens (tertiary/aromatic N) is 4. The molecule has 27 heavy (non-hydrogen) atoms. The quantitative estimate of drug-likeness (QED) is 0.822. The number of anilines is 1. The molecule has 1 unspecified atom stereocenters. The Balaban J connectivity index is 1.62. The van der Waals surface area contributed by atoms with Crippen LogP contribution in [0.5, 0.6) is 0 Å². The summed E-state index contributed by atoms with van der Waals surface area (Å²) in [6.45, 7) is 2.14.